The van der Waals surface area contributed by atoms with E-state index in [1.54, 1.807) is 19.2 Å². The Morgan fingerprint density at radius 3 is 2.46 bits per heavy atom. The molecule has 0 radical (unpaired) electrons. The summed E-state index contributed by atoms with van der Waals surface area (Å²) in [7, 11) is 1.61. The van der Waals surface area contributed by atoms with Crippen molar-refractivity contribution >= 4 is 56.4 Å². The molecule has 0 saturated heterocycles. The van der Waals surface area contributed by atoms with Crippen LogP contribution in [-0.2, 0) is 13.2 Å². The molecule has 0 atom stereocenters. The first-order valence-electron chi connectivity index (χ1n) is 8.39. The average molecular weight is 502 g/mol. The van der Waals surface area contributed by atoms with Crippen molar-refractivity contribution in [1.29, 1.82) is 0 Å². The minimum atomic E-state index is 0.297. The monoisotopic (exact) mass is 499 g/mol. The lowest BCUT2D eigenvalue weighted by Crippen LogP contribution is -2.03. The molecule has 0 aliphatic heterocycles. The maximum atomic E-state index is 6.22. The molecule has 7 heteroatoms. The Bertz CT molecular complexity index is 982. The molecule has 3 aromatic rings. The highest BCUT2D eigenvalue weighted by atomic mass is 79.9. The molecule has 0 aliphatic rings. The van der Waals surface area contributed by atoms with Crippen molar-refractivity contribution in [2.45, 2.75) is 13.2 Å². The van der Waals surface area contributed by atoms with Gasteiger partial charge in [0, 0.05) is 32.9 Å². The number of hydrogen-bond donors (Lipinski definition) is 1. The van der Waals surface area contributed by atoms with E-state index in [2.05, 4.69) is 21.2 Å². The van der Waals surface area contributed by atoms with Gasteiger partial charge < -0.3 is 14.8 Å². The largest absolute Gasteiger partial charge is 0.493 e. The fourth-order valence-corrected chi connectivity index (χ4v) is 3.86. The predicted molar refractivity (Wildman–Crippen MR) is 120 cm³/mol. The zero-order valence-corrected chi connectivity index (χ0v) is 18.8. The van der Waals surface area contributed by atoms with Gasteiger partial charge >= 0.3 is 0 Å². The van der Waals surface area contributed by atoms with Crippen LogP contribution in [0.2, 0.25) is 15.1 Å². The number of anilines is 1. The maximum Gasteiger partial charge on any atom is 0.175 e. The number of benzene rings is 3. The van der Waals surface area contributed by atoms with E-state index in [1.165, 1.54) is 0 Å². The van der Waals surface area contributed by atoms with Crippen molar-refractivity contribution in [2.24, 2.45) is 0 Å². The van der Waals surface area contributed by atoms with Crippen LogP contribution in [0.3, 0.4) is 0 Å². The van der Waals surface area contributed by atoms with Gasteiger partial charge in [-0.3, -0.25) is 0 Å². The van der Waals surface area contributed by atoms with Crippen LogP contribution in [0.5, 0.6) is 11.5 Å². The van der Waals surface area contributed by atoms with E-state index in [-0.39, 0.29) is 0 Å². The summed E-state index contributed by atoms with van der Waals surface area (Å²) in [6, 6.07) is 16.8. The summed E-state index contributed by atoms with van der Waals surface area (Å²) in [4.78, 5) is 0. The third-order valence-corrected chi connectivity index (χ3v) is 5.41. The molecule has 0 fully saturated rings. The lowest BCUT2D eigenvalue weighted by molar-refractivity contribution is 0.282. The van der Waals surface area contributed by atoms with E-state index in [0.717, 1.165) is 21.3 Å². The van der Waals surface area contributed by atoms with Crippen molar-refractivity contribution in [3.8, 4) is 11.5 Å². The molecule has 0 unspecified atom stereocenters. The van der Waals surface area contributed by atoms with Crippen LogP contribution >= 0.6 is 50.7 Å². The molecule has 3 aromatic carbocycles. The first kappa shape index (κ1) is 21.1. The Kier molecular flexibility index (Phi) is 7.36. The number of halogens is 4. The van der Waals surface area contributed by atoms with Crippen LogP contribution in [0.1, 0.15) is 11.1 Å². The summed E-state index contributed by atoms with van der Waals surface area (Å²) < 4.78 is 12.3. The maximum absolute atomic E-state index is 6.22. The normalized spacial score (nSPS) is 10.6. The fourth-order valence-electron chi connectivity index (χ4n) is 2.61. The minimum absolute atomic E-state index is 0.297. The predicted octanol–water partition coefficient (Wildman–Crippen LogP) is 7.61. The summed E-state index contributed by atoms with van der Waals surface area (Å²) in [5.74, 6) is 1.24. The second-order valence-electron chi connectivity index (χ2n) is 6.00. The molecular formula is C21H17BrCl3NO2. The van der Waals surface area contributed by atoms with E-state index in [4.69, 9.17) is 44.3 Å². The van der Waals surface area contributed by atoms with Gasteiger partial charge in [0.1, 0.15) is 6.61 Å². The van der Waals surface area contributed by atoms with Crippen molar-refractivity contribution in [3.63, 3.8) is 0 Å². The van der Waals surface area contributed by atoms with Gasteiger partial charge in [0.2, 0.25) is 0 Å². The second kappa shape index (κ2) is 9.75. The summed E-state index contributed by atoms with van der Waals surface area (Å²) in [6.45, 7) is 0.906. The van der Waals surface area contributed by atoms with Crippen molar-refractivity contribution in [3.05, 3.63) is 85.3 Å². The van der Waals surface area contributed by atoms with Crippen LogP contribution in [0.15, 0.2) is 59.1 Å². The zero-order valence-electron chi connectivity index (χ0n) is 14.9. The van der Waals surface area contributed by atoms with E-state index in [0.29, 0.717) is 39.7 Å². The van der Waals surface area contributed by atoms with Gasteiger partial charge in [-0.25, -0.2) is 0 Å². The number of hydrogen-bond acceptors (Lipinski definition) is 3. The highest BCUT2D eigenvalue weighted by Crippen LogP contribution is 2.38. The SMILES string of the molecule is COc1cc(CNc2cccc(Cl)c2)cc(Br)c1OCc1ccc(Cl)cc1Cl. The van der Waals surface area contributed by atoms with E-state index < -0.39 is 0 Å². The Labute approximate surface area is 187 Å². The molecule has 0 aliphatic carbocycles. The van der Waals surface area contributed by atoms with E-state index >= 15 is 0 Å². The standard InChI is InChI=1S/C21H17BrCl3NO2/c1-27-20-8-13(11-26-17-4-2-3-15(23)9-17)7-18(22)21(20)28-12-14-5-6-16(24)10-19(14)25/h2-10,26H,11-12H2,1H3. The number of ether oxygens (including phenoxy) is 2. The van der Waals surface area contributed by atoms with Crippen LogP contribution in [0.25, 0.3) is 0 Å². The molecule has 0 saturated carbocycles. The number of rotatable bonds is 7. The smallest absolute Gasteiger partial charge is 0.175 e. The fraction of sp³-hybridized carbons (Fsp3) is 0.143. The summed E-state index contributed by atoms with van der Waals surface area (Å²) in [5.41, 5.74) is 2.81. The molecule has 0 heterocycles. The van der Waals surface area contributed by atoms with E-state index in [1.807, 2.05) is 42.5 Å². The lowest BCUT2D eigenvalue weighted by atomic mass is 10.2. The molecule has 146 valence electrons. The Balaban J connectivity index is 1.73. The zero-order chi connectivity index (χ0) is 20.1. The van der Waals surface area contributed by atoms with Gasteiger partial charge in [-0.2, -0.15) is 0 Å². The third kappa shape index (κ3) is 5.48. The molecule has 3 rings (SSSR count). The van der Waals surface area contributed by atoms with Gasteiger partial charge in [-0.1, -0.05) is 46.9 Å². The molecule has 1 N–H and O–H groups in total. The highest BCUT2D eigenvalue weighted by Gasteiger charge is 2.13. The van der Waals surface area contributed by atoms with Gasteiger partial charge in [0.25, 0.3) is 0 Å². The van der Waals surface area contributed by atoms with Crippen molar-refractivity contribution in [1.82, 2.24) is 0 Å². The molecule has 0 aromatic heterocycles. The quantitative estimate of drug-likeness (QED) is 0.361. The first-order chi connectivity index (χ1) is 13.5. The Morgan fingerprint density at radius 1 is 0.964 bits per heavy atom. The van der Waals surface area contributed by atoms with Crippen LogP contribution < -0.4 is 14.8 Å². The first-order valence-corrected chi connectivity index (χ1v) is 10.3. The van der Waals surface area contributed by atoms with Crippen molar-refractivity contribution < 1.29 is 9.47 Å². The molecule has 0 bridgehead atoms. The summed E-state index contributed by atoms with van der Waals surface area (Å²) in [5, 5.41) is 5.17. The summed E-state index contributed by atoms with van der Waals surface area (Å²) >= 11 is 21.8. The second-order valence-corrected chi connectivity index (χ2v) is 8.13. The third-order valence-electron chi connectivity index (χ3n) is 4.00. The van der Waals surface area contributed by atoms with Gasteiger partial charge in [0.15, 0.2) is 11.5 Å². The van der Waals surface area contributed by atoms with Crippen LogP contribution in [0.4, 0.5) is 5.69 Å². The van der Waals surface area contributed by atoms with E-state index in [9.17, 15) is 0 Å². The molecular weight excluding hydrogens is 484 g/mol. The highest BCUT2D eigenvalue weighted by molar-refractivity contribution is 9.10. The van der Waals surface area contributed by atoms with Gasteiger partial charge in [-0.05, 0) is 64.0 Å². The number of methoxy groups -OCH3 is 1. The van der Waals surface area contributed by atoms with Crippen LogP contribution in [0, 0.1) is 0 Å². The van der Waals surface area contributed by atoms with Gasteiger partial charge in [0.05, 0.1) is 11.6 Å². The van der Waals surface area contributed by atoms with Crippen molar-refractivity contribution in [2.75, 3.05) is 12.4 Å². The molecule has 3 nitrogen and oxygen atoms in total. The Morgan fingerprint density at radius 2 is 1.75 bits per heavy atom. The van der Waals surface area contributed by atoms with Crippen LogP contribution in [-0.4, -0.2) is 7.11 Å². The number of nitrogens with one attached hydrogen (secondary N) is 1. The topological polar surface area (TPSA) is 30.5 Å². The summed E-state index contributed by atoms with van der Waals surface area (Å²) in [6.07, 6.45) is 0. The molecule has 0 amide bonds. The average Bonchev–Trinajstić information content (AvgIpc) is 2.66. The molecule has 0 spiro atoms. The van der Waals surface area contributed by atoms with Gasteiger partial charge in [-0.15, -0.1) is 0 Å². The molecule has 28 heavy (non-hydrogen) atoms. The Hall–Kier alpha value is -1.59. The lowest BCUT2D eigenvalue weighted by Gasteiger charge is -2.16. The minimum Gasteiger partial charge on any atom is -0.493 e.